The summed E-state index contributed by atoms with van der Waals surface area (Å²) in [7, 11) is 0. The quantitative estimate of drug-likeness (QED) is 0.439. The normalized spacial score (nSPS) is 23.5. The third kappa shape index (κ3) is 3.35. The Bertz CT molecular complexity index is 1390. The zero-order valence-corrected chi connectivity index (χ0v) is 20.2. The molecule has 0 amide bonds. The van der Waals surface area contributed by atoms with Crippen molar-refractivity contribution in [3.05, 3.63) is 36.7 Å². The second kappa shape index (κ2) is 8.20. The highest BCUT2D eigenvalue weighted by molar-refractivity contribution is 5.87. The van der Waals surface area contributed by atoms with Gasteiger partial charge in [0.1, 0.15) is 24.3 Å². The molecule has 0 radical (unpaired) electrons. The molecule has 1 spiro atoms. The highest BCUT2D eigenvalue weighted by Gasteiger charge is 2.47. The van der Waals surface area contributed by atoms with Gasteiger partial charge >= 0.3 is 0 Å². The van der Waals surface area contributed by atoms with Crippen LogP contribution in [-0.2, 0) is 11.2 Å². The van der Waals surface area contributed by atoms with Gasteiger partial charge in [-0.1, -0.05) is 0 Å². The molecule has 2 fully saturated rings. The molecule has 12 nitrogen and oxygen atoms in total. The van der Waals surface area contributed by atoms with E-state index in [1.807, 2.05) is 16.8 Å². The maximum atomic E-state index is 6.49. The van der Waals surface area contributed by atoms with E-state index in [9.17, 15) is 0 Å². The summed E-state index contributed by atoms with van der Waals surface area (Å²) < 4.78 is 7.68. The van der Waals surface area contributed by atoms with Crippen LogP contribution in [0.25, 0.3) is 17.0 Å². The van der Waals surface area contributed by atoms with Gasteiger partial charge in [0, 0.05) is 31.1 Å². The molecule has 3 aliphatic heterocycles. The van der Waals surface area contributed by atoms with Gasteiger partial charge in [-0.15, -0.1) is 10.2 Å². The number of piperidine rings is 1. The Kier molecular flexibility index (Phi) is 4.93. The van der Waals surface area contributed by atoms with E-state index in [4.69, 9.17) is 25.4 Å². The number of aromatic amines is 1. The average Bonchev–Trinajstić information content (AvgIpc) is 3.66. The molecule has 7 rings (SSSR count). The third-order valence-corrected chi connectivity index (χ3v) is 8.13. The summed E-state index contributed by atoms with van der Waals surface area (Å²) in [5, 5.41) is 15.5. The summed E-state index contributed by atoms with van der Waals surface area (Å²) in [4.78, 5) is 19.0. The predicted molar refractivity (Wildman–Crippen MR) is 133 cm³/mol. The van der Waals surface area contributed by atoms with Gasteiger partial charge in [0.2, 0.25) is 0 Å². The summed E-state index contributed by atoms with van der Waals surface area (Å²) in [6.45, 7) is 5.47. The first-order valence-electron chi connectivity index (χ1n) is 12.6. The topological polar surface area (TPSA) is 140 Å². The standard InChI is InChI=1S/C24H29N11O/c1-15-21(25)24(12-36-15)6-9-33(10-7-24)19-11-26-20-22(30-19)31-32-23(20)35-8-2-3-16-17(35)4-5-18(29-16)34-13-27-28-14-34/h4-5,11,13-15,21H,2-3,6-10,12,25H2,1H3,(H,30,31,32)/t15-,21+/m0/s1. The van der Waals surface area contributed by atoms with Crippen LogP contribution in [-0.4, -0.2) is 78.3 Å². The lowest BCUT2D eigenvalue weighted by molar-refractivity contribution is 0.0974. The number of H-pyrrole nitrogens is 1. The largest absolute Gasteiger partial charge is 0.376 e. The molecule has 4 aromatic rings. The van der Waals surface area contributed by atoms with Crippen LogP contribution in [0.15, 0.2) is 31.0 Å². The fourth-order valence-electron chi connectivity index (χ4n) is 5.89. The molecule has 12 heteroatoms. The van der Waals surface area contributed by atoms with E-state index in [0.717, 1.165) is 86.3 Å². The first-order chi connectivity index (χ1) is 17.6. The van der Waals surface area contributed by atoms with E-state index < -0.39 is 0 Å². The van der Waals surface area contributed by atoms with Crippen molar-refractivity contribution in [3.8, 4) is 5.82 Å². The van der Waals surface area contributed by atoms with Crippen molar-refractivity contribution in [1.82, 2.24) is 39.9 Å². The summed E-state index contributed by atoms with van der Waals surface area (Å²) >= 11 is 0. The van der Waals surface area contributed by atoms with Gasteiger partial charge in [-0.3, -0.25) is 9.67 Å². The monoisotopic (exact) mass is 487 g/mol. The zero-order valence-electron chi connectivity index (χ0n) is 20.2. The van der Waals surface area contributed by atoms with E-state index in [1.54, 1.807) is 12.7 Å². The summed E-state index contributed by atoms with van der Waals surface area (Å²) in [5.74, 6) is 2.46. The zero-order chi connectivity index (χ0) is 24.3. The van der Waals surface area contributed by atoms with Crippen molar-refractivity contribution in [1.29, 1.82) is 0 Å². The number of hydrogen-bond donors (Lipinski definition) is 2. The molecular formula is C24H29N11O. The number of nitrogens with zero attached hydrogens (tertiary/aromatic N) is 9. The van der Waals surface area contributed by atoms with Crippen LogP contribution < -0.4 is 15.5 Å². The number of aryl methyl sites for hydroxylation is 1. The molecule has 2 atom stereocenters. The van der Waals surface area contributed by atoms with Gasteiger partial charge in [-0.2, -0.15) is 5.10 Å². The van der Waals surface area contributed by atoms with E-state index in [0.29, 0.717) is 5.65 Å². The number of fused-ring (bicyclic) bond motifs is 2. The Balaban J connectivity index is 1.14. The van der Waals surface area contributed by atoms with Gasteiger partial charge in [0.25, 0.3) is 0 Å². The Morgan fingerprint density at radius 2 is 1.92 bits per heavy atom. The van der Waals surface area contributed by atoms with E-state index in [-0.39, 0.29) is 17.6 Å². The highest BCUT2D eigenvalue weighted by atomic mass is 16.5. The Labute approximate surface area is 207 Å². The maximum Gasteiger partial charge on any atom is 0.183 e. The van der Waals surface area contributed by atoms with Crippen LogP contribution in [0, 0.1) is 5.41 Å². The molecule has 0 bridgehead atoms. The molecule has 3 aliphatic rings. The van der Waals surface area contributed by atoms with Crippen molar-refractivity contribution in [2.75, 3.05) is 36.0 Å². The second-order valence-corrected chi connectivity index (χ2v) is 10.1. The number of nitrogens with one attached hydrogen (secondary N) is 1. The van der Waals surface area contributed by atoms with Gasteiger partial charge in [-0.25, -0.2) is 15.0 Å². The minimum atomic E-state index is 0.0819. The lowest BCUT2D eigenvalue weighted by Crippen LogP contribution is -2.50. The number of hydrogen-bond acceptors (Lipinski definition) is 10. The molecule has 2 saturated heterocycles. The van der Waals surface area contributed by atoms with Crippen LogP contribution in [0.3, 0.4) is 0 Å². The first kappa shape index (κ1) is 21.6. The minimum absolute atomic E-state index is 0.0819. The van der Waals surface area contributed by atoms with Crippen LogP contribution >= 0.6 is 0 Å². The summed E-state index contributed by atoms with van der Waals surface area (Å²) in [6, 6.07) is 4.16. The van der Waals surface area contributed by atoms with Crippen molar-refractivity contribution in [3.63, 3.8) is 0 Å². The molecule has 36 heavy (non-hydrogen) atoms. The summed E-state index contributed by atoms with van der Waals surface area (Å²) in [5.41, 5.74) is 10.1. The van der Waals surface area contributed by atoms with Crippen molar-refractivity contribution >= 4 is 28.5 Å². The third-order valence-electron chi connectivity index (χ3n) is 8.13. The van der Waals surface area contributed by atoms with Gasteiger partial charge in [0.15, 0.2) is 17.0 Å². The number of pyridine rings is 1. The maximum absolute atomic E-state index is 6.49. The summed E-state index contributed by atoms with van der Waals surface area (Å²) in [6.07, 6.45) is 9.19. The number of aromatic nitrogens is 8. The lowest BCUT2D eigenvalue weighted by Gasteiger charge is -2.41. The van der Waals surface area contributed by atoms with Crippen LogP contribution in [0.5, 0.6) is 0 Å². The number of rotatable bonds is 3. The smallest absolute Gasteiger partial charge is 0.183 e. The number of ether oxygens (including phenoxy) is 1. The second-order valence-electron chi connectivity index (χ2n) is 10.1. The fraction of sp³-hybridized carbons (Fsp3) is 0.500. The molecular weight excluding hydrogens is 458 g/mol. The van der Waals surface area contributed by atoms with Crippen LogP contribution in [0.2, 0.25) is 0 Å². The molecule has 0 aliphatic carbocycles. The highest BCUT2D eigenvalue weighted by Crippen LogP contribution is 2.42. The average molecular weight is 488 g/mol. The Morgan fingerprint density at radius 1 is 1.08 bits per heavy atom. The van der Waals surface area contributed by atoms with Crippen molar-refractivity contribution in [2.24, 2.45) is 11.1 Å². The van der Waals surface area contributed by atoms with Crippen molar-refractivity contribution < 1.29 is 4.74 Å². The Morgan fingerprint density at radius 3 is 2.69 bits per heavy atom. The van der Waals surface area contributed by atoms with Crippen LogP contribution in [0.4, 0.5) is 17.3 Å². The molecule has 186 valence electrons. The van der Waals surface area contributed by atoms with Gasteiger partial charge in [0.05, 0.1) is 30.3 Å². The SMILES string of the molecule is C[C@@H]1OCC2(CCN(c3cnc4c(N5CCCc6nc(-n7cnnc7)ccc65)n[nH]c4n3)CC2)[C@@H]1N. The fourth-order valence-corrected chi connectivity index (χ4v) is 5.89. The molecule has 3 N–H and O–H groups in total. The van der Waals surface area contributed by atoms with Crippen LogP contribution in [0.1, 0.15) is 31.9 Å². The van der Waals surface area contributed by atoms with Gasteiger partial charge in [-0.05, 0) is 44.7 Å². The minimum Gasteiger partial charge on any atom is -0.376 e. The molecule has 0 aromatic carbocycles. The van der Waals surface area contributed by atoms with E-state index in [2.05, 4.69) is 43.2 Å². The molecule has 4 aromatic heterocycles. The number of nitrogens with two attached hydrogens (primary N) is 1. The van der Waals surface area contributed by atoms with Crippen molar-refractivity contribution in [2.45, 2.75) is 44.8 Å². The van der Waals surface area contributed by atoms with E-state index >= 15 is 0 Å². The lowest BCUT2D eigenvalue weighted by atomic mass is 9.73. The molecule has 0 unspecified atom stereocenters. The van der Waals surface area contributed by atoms with Gasteiger partial charge < -0.3 is 20.3 Å². The molecule has 0 saturated carbocycles. The predicted octanol–water partition coefficient (Wildman–Crippen LogP) is 1.75. The first-order valence-corrected chi connectivity index (χ1v) is 12.6. The number of anilines is 3. The Hall–Kier alpha value is -3.64. The van der Waals surface area contributed by atoms with E-state index in [1.165, 1.54) is 0 Å². The molecule has 7 heterocycles.